The minimum absolute atomic E-state index is 0.0362. The molecule has 6 nitrogen and oxygen atoms in total. The van der Waals surface area contributed by atoms with Crippen LogP contribution in [0.1, 0.15) is 16.6 Å². The number of ether oxygens (including phenoxy) is 2. The molecule has 1 fully saturated rings. The third kappa shape index (κ3) is 3.43. The lowest BCUT2D eigenvalue weighted by Crippen LogP contribution is -2.47. The predicted molar refractivity (Wildman–Crippen MR) is 91.0 cm³/mol. The molecule has 10 heteroatoms. The van der Waals surface area contributed by atoms with Crippen molar-refractivity contribution in [3.8, 4) is 11.1 Å². The van der Waals surface area contributed by atoms with Gasteiger partial charge in [0.2, 0.25) is 0 Å². The van der Waals surface area contributed by atoms with Crippen LogP contribution in [0.25, 0.3) is 16.0 Å². The van der Waals surface area contributed by atoms with Gasteiger partial charge in [-0.15, -0.1) is 11.3 Å². The summed E-state index contributed by atoms with van der Waals surface area (Å²) in [6.07, 6.45) is 2.17. The van der Waals surface area contributed by atoms with Crippen LogP contribution in [0.2, 0.25) is 0 Å². The quantitative estimate of drug-likeness (QED) is 0.544. The Bertz CT molecular complexity index is 1010. The average molecular weight is 397 g/mol. The summed E-state index contributed by atoms with van der Waals surface area (Å²) in [4.78, 5) is 12.9. The molecule has 3 heterocycles. The molecule has 0 radical (unpaired) electrons. The highest BCUT2D eigenvalue weighted by Crippen LogP contribution is 2.33. The zero-order valence-corrected chi connectivity index (χ0v) is 14.9. The lowest BCUT2D eigenvalue weighted by atomic mass is 10.1. The summed E-state index contributed by atoms with van der Waals surface area (Å²) < 4.78 is 53.2. The Morgan fingerprint density at radius 1 is 1.37 bits per heavy atom. The predicted octanol–water partition coefficient (Wildman–Crippen LogP) is 2.97. The second-order valence-electron chi connectivity index (χ2n) is 6.10. The van der Waals surface area contributed by atoms with E-state index in [9.17, 15) is 18.0 Å². The molecule has 1 aliphatic rings. The molecular formula is C17H14F3N3O3S. The third-order valence-corrected chi connectivity index (χ3v) is 5.19. The number of morpholine rings is 1. The first-order valence-corrected chi connectivity index (χ1v) is 8.92. The van der Waals surface area contributed by atoms with Crippen LogP contribution >= 0.6 is 11.3 Å². The molecule has 0 amide bonds. The van der Waals surface area contributed by atoms with E-state index in [4.69, 9.17) is 9.47 Å². The average Bonchev–Trinajstić information content (AvgIpc) is 3.21. The SMILES string of the molecule is CC1CNC(OC(=O)c2cn3ncc(-c4cc(F)cc(F)c4F)c3s2)CO1. The van der Waals surface area contributed by atoms with E-state index in [1.54, 1.807) is 0 Å². The Kier molecular flexibility index (Phi) is 4.62. The first-order chi connectivity index (χ1) is 12.9. The summed E-state index contributed by atoms with van der Waals surface area (Å²) >= 11 is 0.989. The number of carbonyl (C=O) groups is 1. The van der Waals surface area contributed by atoms with Crippen LogP contribution in [-0.4, -0.2) is 41.1 Å². The monoisotopic (exact) mass is 397 g/mol. The summed E-state index contributed by atoms with van der Waals surface area (Å²) in [7, 11) is 0. The summed E-state index contributed by atoms with van der Waals surface area (Å²) in [6, 6.07) is 1.36. The van der Waals surface area contributed by atoms with Crippen LogP contribution in [0.3, 0.4) is 0 Å². The summed E-state index contributed by atoms with van der Waals surface area (Å²) in [5.41, 5.74) is -0.0801. The number of halogens is 3. The number of hydrogen-bond donors (Lipinski definition) is 1. The summed E-state index contributed by atoms with van der Waals surface area (Å²) in [5, 5.41) is 7.06. The normalized spacial score (nSPS) is 20.1. The van der Waals surface area contributed by atoms with E-state index in [1.165, 1.54) is 16.9 Å². The van der Waals surface area contributed by atoms with E-state index in [-0.39, 0.29) is 28.7 Å². The van der Waals surface area contributed by atoms with Crippen molar-refractivity contribution in [1.82, 2.24) is 14.9 Å². The summed E-state index contributed by atoms with van der Waals surface area (Å²) in [5.74, 6) is -3.98. The van der Waals surface area contributed by atoms with Crippen molar-refractivity contribution < 1.29 is 27.4 Å². The molecule has 3 aromatic rings. The zero-order valence-electron chi connectivity index (χ0n) is 14.0. The van der Waals surface area contributed by atoms with E-state index >= 15 is 0 Å². The van der Waals surface area contributed by atoms with Crippen molar-refractivity contribution in [3.05, 3.63) is 46.9 Å². The van der Waals surface area contributed by atoms with Crippen LogP contribution in [-0.2, 0) is 9.47 Å². The fraction of sp³-hybridized carbons (Fsp3) is 0.294. The van der Waals surface area contributed by atoms with Gasteiger partial charge in [0, 0.05) is 23.7 Å². The standard InChI is InChI=1S/C17H14F3N3O3S/c1-8-4-21-14(7-25-8)26-17(24)13-6-23-16(27-13)11(5-22-23)10-2-9(18)3-12(19)15(10)20/h2-3,5-6,8,14,21H,4,7H2,1H3. The molecule has 142 valence electrons. The number of thiazole rings is 1. The number of carbonyl (C=O) groups excluding carboxylic acids is 1. The van der Waals surface area contributed by atoms with Crippen molar-refractivity contribution in [1.29, 1.82) is 0 Å². The molecule has 2 atom stereocenters. The lowest BCUT2D eigenvalue weighted by molar-refractivity contribution is -0.0669. The molecule has 4 rings (SSSR count). The van der Waals surface area contributed by atoms with Crippen LogP contribution in [0.4, 0.5) is 13.2 Å². The first-order valence-electron chi connectivity index (χ1n) is 8.10. The van der Waals surface area contributed by atoms with E-state index in [2.05, 4.69) is 10.4 Å². The van der Waals surface area contributed by atoms with Crippen molar-refractivity contribution in [2.75, 3.05) is 13.2 Å². The largest absolute Gasteiger partial charge is 0.440 e. The van der Waals surface area contributed by atoms with Gasteiger partial charge in [0.1, 0.15) is 15.5 Å². The van der Waals surface area contributed by atoms with Gasteiger partial charge in [-0.1, -0.05) is 0 Å². The number of fused-ring (bicyclic) bond motifs is 1. The molecule has 0 aliphatic carbocycles. The highest BCUT2D eigenvalue weighted by Gasteiger charge is 2.24. The van der Waals surface area contributed by atoms with Crippen LogP contribution in [0, 0.1) is 17.5 Å². The molecule has 27 heavy (non-hydrogen) atoms. The Morgan fingerprint density at radius 3 is 2.93 bits per heavy atom. The topological polar surface area (TPSA) is 64.9 Å². The molecule has 0 saturated carbocycles. The minimum Gasteiger partial charge on any atom is -0.440 e. The number of esters is 1. The van der Waals surface area contributed by atoms with Crippen LogP contribution in [0.5, 0.6) is 0 Å². The van der Waals surface area contributed by atoms with Gasteiger partial charge in [0.05, 0.1) is 25.1 Å². The highest BCUT2D eigenvalue weighted by molar-refractivity contribution is 7.19. The summed E-state index contributed by atoms with van der Waals surface area (Å²) in [6.45, 7) is 2.68. The number of hydrogen-bond acceptors (Lipinski definition) is 6. The maximum atomic E-state index is 14.1. The van der Waals surface area contributed by atoms with Gasteiger partial charge < -0.3 is 9.47 Å². The molecule has 0 spiro atoms. The second kappa shape index (κ2) is 6.95. The maximum Gasteiger partial charge on any atom is 0.351 e. The van der Waals surface area contributed by atoms with E-state index in [0.717, 1.165) is 17.4 Å². The van der Waals surface area contributed by atoms with Crippen molar-refractivity contribution in [3.63, 3.8) is 0 Å². The number of aromatic nitrogens is 2. The van der Waals surface area contributed by atoms with Gasteiger partial charge in [-0.2, -0.15) is 5.10 Å². The fourth-order valence-corrected chi connectivity index (χ4v) is 3.71. The molecular weight excluding hydrogens is 383 g/mol. The van der Waals surface area contributed by atoms with Crippen molar-refractivity contribution >= 4 is 22.1 Å². The Balaban J connectivity index is 1.62. The fourth-order valence-electron chi connectivity index (χ4n) is 2.75. The second-order valence-corrected chi connectivity index (χ2v) is 7.13. The molecule has 1 saturated heterocycles. The third-order valence-electron chi connectivity index (χ3n) is 4.09. The minimum atomic E-state index is -1.29. The number of benzene rings is 1. The van der Waals surface area contributed by atoms with Gasteiger partial charge in [-0.05, 0) is 13.0 Å². The number of rotatable bonds is 3. The van der Waals surface area contributed by atoms with Crippen LogP contribution in [0.15, 0.2) is 24.5 Å². The van der Waals surface area contributed by atoms with Gasteiger partial charge >= 0.3 is 5.97 Å². The number of nitrogens with one attached hydrogen (secondary N) is 1. The zero-order chi connectivity index (χ0) is 19.1. The maximum absolute atomic E-state index is 14.1. The van der Waals surface area contributed by atoms with Gasteiger partial charge in [0.25, 0.3) is 0 Å². The first kappa shape index (κ1) is 18.0. The number of nitrogens with zero attached hydrogens (tertiary/aromatic N) is 2. The Labute approximate surface area is 155 Å². The molecule has 2 unspecified atom stereocenters. The van der Waals surface area contributed by atoms with Gasteiger partial charge in [0.15, 0.2) is 17.9 Å². The molecule has 1 aromatic carbocycles. The molecule has 1 aliphatic heterocycles. The Morgan fingerprint density at radius 2 is 2.19 bits per heavy atom. The molecule has 1 N–H and O–H groups in total. The van der Waals surface area contributed by atoms with Gasteiger partial charge in [-0.25, -0.2) is 22.5 Å². The van der Waals surface area contributed by atoms with E-state index < -0.39 is 29.6 Å². The van der Waals surface area contributed by atoms with E-state index in [0.29, 0.717) is 17.4 Å². The lowest BCUT2D eigenvalue weighted by Gasteiger charge is -2.27. The molecule has 0 bridgehead atoms. The Hall–Kier alpha value is -2.43. The highest BCUT2D eigenvalue weighted by atomic mass is 32.1. The van der Waals surface area contributed by atoms with Crippen molar-refractivity contribution in [2.24, 2.45) is 0 Å². The molecule has 2 aromatic heterocycles. The van der Waals surface area contributed by atoms with Crippen molar-refractivity contribution in [2.45, 2.75) is 19.3 Å². The smallest absolute Gasteiger partial charge is 0.351 e. The van der Waals surface area contributed by atoms with Gasteiger partial charge in [-0.3, -0.25) is 5.32 Å². The van der Waals surface area contributed by atoms with Crippen LogP contribution < -0.4 is 5.32 Å². The van der Waals surface area contributed by atoms with E-state index in [1.807, 2.05) is 6.92 Å².